The molecule has 37 heavy (non-hydrogen) atoms. The molecule has 0 radical (unpaired) electrons. The zero-order chi connectivity index (χ0) is 27.2. The molecule has 7 heteroatoms. The number of primary amides is 1. The number of amides is 1. The van der Waals surface area contributed by atoms with E-state index < -0.39 is 5.91 Å². The number of ether oxygens (including phenoxy) is 2. The van der Waals surface area contributed by atoms with Gasteiger partial charge in [0, 0.05) is 32.1 Å². The minimum absolute atomic E-state index is 0.000504. The van der Waals surface area contributed by atoms with Crippen LogP contribution in [-0.2, 0) is 22.4 Å². The number of ketones is 3. The van der Waals surface area contributed by atoms with Gasteiger partial charge < -0.3 is 15.2 Å². The number of hydrogen-bond acceptors (Lipinski definition) is 6. The molecule has 0 aliphatic heterocycles. The topological polar surface area (TPSA) is 113 Å². The van der Waals surface area contributed by atoms with E-state index in [1.54, 1.807) is 19.2 Å². The standard InChI is InChI=1S/C30H39NO6/c1-4-23(32)12-7-9-21-15-17-28(36-2)25(19-21)27(34)14-6-5-11-24(33)13-8-10-22-16-18-29(37-3)26(20-22)30(31)35/h15-20H,4-14H2,1-3H3,(H2,31,35). The van der Waals surface area contributed by atoms with Crippen molar-refractivity contribution in [2.24, 2.45) is 5.73 Å². The van der Waals surface area contributed by atoms with Gasteiger partial charge in [0.2, 0.25) is 0 Å². The molecule has 0 aliphatic rings. The quantitative estimate of drug-likeness (QED) is 0.211. The van der Waals surface area contributed by atoms with E-state index >= 15 is 0 Å². The lowest BCUT2D eigenvalue weighted by atomic mass is 9.98. The molecule has 0 fully saturated rings. The number of aryl methyl sites for hydroxylation is 2. The molecule has 2 rings (SSSR count). The monoisotopic (exact) mass is 509 g/mol. The highest BCUT2D eigenvalue weighted by Crippen LogP contribution is 2.24. The first-order valence-electron chi connectivity index (χ1n) is 13.0. The predicted molar refractivity (Wildman–Crippen MR) is 143 cm³/mol. The van der Waals surface area contributed by atoms with E-state index in [9.17, 15) is 19.2 Å². The van der Waals surface area contributed by atoms with Crippen LogP contribution in [0.2, 0.25) is 0 Å². The highest BCUT2D eigenvalue weighted by atomic mass is 16.5. The first-order valence-corrected chi connectivity index (χ1v) is 13.0. The van der Waals surface area contributed by atoms with Gasteiger partial charge >= 0.3 is 0 Å². The van der Waals surface area contributed by atoms with Crippen molar-refractivity contribution in [1.29, 1.82) is 0 Å². The molecule has 0 heterocycles. The Morgan fingerprint density at radius 3 is 1.70 bits per heavy atom. The fraction of sp³-hybridized carbons (Fsp3) is 0.467. The van der Waals surface area contributed by atoms with E-state index in [1.165, 1.54) is 7.11 Å². The smallest absolute Gasteiger partial charge is 0.252 e. The van der Waals surface area contributed by atoms with Crippen molar-refractivity contribution in [3.8, 4) is 11.5 Å². The summed E-state index contributed by atoms with van der Waals surface area (Å²) in [6.45, 7) is 1.87. The molecule has 1 amide bonds. The van der Waals surface area contributed by atoms with Gasteiger partial charge in [-0.2, -0.15) is 0 Å². The molecule has 0 saturated carbocycles. The van der Waals surface area contributed by atoms with Gasteiger partial charge in [-0.1, -0.05) is 19.1 Å². The third-order valence-electron chi connectivity index (χ3n) is 6.44. The van der Waals surface area contributed by atoms with Crippen LogP contribution >= 0.6 is 0 Å². The van der Waals surface area contributed by atoms with Crippen LogP contribution in [0.4, 0.5) is 0 Å². The summed E-state index contributed by atoms with van der Waals surface area (Å²) in [5, 5.41) is 0. The van der Waals surface area contributed by atoms with Crippen LogP contribution in [0, 0.1) is 0 Å². The summed E-state index contributed by atoms with van der Waals surface area (Å²) < 4.78 is 10.5. The zero-order valence-electron chi connectivity index (χ0n) is 22.3. The van der Waals surface area contributed by atoms with Crippen molar-refractivity contribution in [1.82, 2.24) is 0 Å². The van der Waals surface area contributed by atoms with E-state index in [0.717, 1.165) is 24.0 Å². The van der Waals surface area contributed by atoms with Crippen LogP contribution in [0.15, 0.2) is 36.4 Å². The van der Waals surface area contributed by atoms with Crippen molar-refractivity contribution in [3.63, 3.8) is 0 Å². The van der Waals surface area contributed by atoms with Gasteiger partial charge in [-0.15, -0.1) is 0 Å². The minimum atomic E-state index is -0.544. The highest BCUT2D eigenvalue weighted by molar-refractivity contribution is 5.99. The first-order chi connectivity index (χ1) is 17.8. The molecule has 0 bridgehead atoms. The number of unbranched alkanes of at least 4 members (excludes halogenated alkanes) is 1. The number of carbonyl (C=O) groups is 4. The molecule has 7 nitrogen and oxygen atoms in total. The van der Waals surface area contributed by atoms with Gasteiger partial charge in [0.1, 0.15) is 23.1 Å². The Bertz CT molecular complexity index is 1090. The van der Waals surface area contributed by atoms with Gasteiger partial charge in [-0.05, 0) is 73.9 Å². The Morgan fingerprint density at radius 1 is 0.676 bits per heavy atom. The fourth-order valence-electron chi connectivity index (χ4n) is 4.26. The molecule has 200 valence electrons. The Morgan fingerprint density at radius 2 is 1.16 bits per heavy atom. The van der Waals surface area contributed by atoms with Gasteiger partial charge in [0.05, 0.1) is 25.3 Å². The molecule has 0 aliphatic carbocycles. The number of nitrogens with two attached hydrogens (primary N) is 1. The maximum absolute atomic E-state index is 12.8. The highest BCUT2D eigenvalue weighted by Gasteiger charge is 2.14. The van der Waals surface area contributed by atoms with Gasteiger partial charge in [0.25, 0.3) is 5.91 Å². The maximum Gasteiger partial charge on any atom is 0.252 e. The third-order valence-corrected chi connectivity index (χ3v) is 6.44. The molecule has 0 saturated heterocycles. The number of methoxy groups -OCH3 is 2. The van der Waals surface area contributed by atoms with Gasteiger partial charge in [-0.25, -0.2) is 0 Å². The van der Waals surface area contributed by atoms with Crippen LogP contribution in [0.1, 0.15) is 96.6 Å². The minimum Gasteiger partial charge on any atom is -0.496 e. The SMILES string of the molecule is CCC(=O)CCCc1ccc(OC)c(C(=O)CCCCC(=O)CCCc2ccc(OC)c(C(N)=O)c2)c1. The second kappa shape index (κ2) is 15.6. The molecule has 2 N–H and O–H groups in total. The van der Waals surface area contributed by atoms with Crippen molar-refractivity contribution in [3.05, 3.63) is 58.7 Å². The molecule has 2 aromatic carbocycles. The van der Waals surface area contributed by atoms with Crippen LogP contribution in [0.25, 0.3) is 0 Å². The fourth-order valence-corrected chi connectivity index (χ4v) is 4.26. The van der Waals surface area contributed by atoms with Crippen molar-refractivity contribution < 1.29 is 28.7 Å². The van der Waals surface area contributed by atoms with Gasteiger partial charge in [0.15, 0.2) is 5.78 Å². The Labute approximate surface area is 219 Å². The van der Waals surface area contributed by atoms with E-state index in [-0.39, 0.29) is 17.3 Å². The summed E-state index contributed by atoms with van der Waals surface area (Å²) in [6.07, 6.45) is 6.46. The average Bonchev–Trinajstić information content (AvgIpc) is 2.90. The molecule has 0 aromatic heterocycles. The molecule has 0 spiro atoms. The first kappa shape index (κ1) is 29.7. The summed E-state index contributed by atoms with van der Waals surface area (Å²) in [7, 11) is 3.03. The number of Topliss-reactive ketones (excluding diaryl/α,β-unsaturated/α-hetero) is 3. The second-order valence-electron chi connectivity index (χ2n) is 9.20. The molecular weight excluding hydrogens is 470 g/mol. The summed E-state index contributed by atoms with van der Waals surface area (Å²) in [6, 6.07) is 10.9. The summed E-state index contributed by atoms with van der Waals surface area (Å²) in [4.78, 5) is 48.3. The largest absolute Gasteiger partial charge is 0.496 e. The van der Waals surface area contributed by atoms with Crippen LogP contribution in [0.3, 0.4) is 0 Å². The van der Waals surface area contributed by atoms with E-state index in [2.05, 4.69) is 0 Å². The number of rotatable bonds is 18. The molecular formula is C30H39NO6. The van der Waals surface area contributed by atoms with Crippen molar-refractivity contribution in [2.45, 2.75) is 77.6 Å². The molecule has 0 atom stereocenters. The molecule has 0 unspecified atom stereocenters. The lowest BCUT2D eigenvalue weighted by molar-refractivity contribution is -0.119. The summed E-state index contributed by atoms with van der Waals surface area (Å²) in [5.41, 5.74) is 8.25. The van der Waals surface area contributed by atoms with Crippen molar-refractivity contribution >= 4 is 23.3 Å². The normalized spacial score (nSPS) is 10.7. The Balaban J connectivity index is 1.76. The molecule has 2 aromatic rings. The lowest BCUT2D eigenvalue weighted by Crippen LogP contribution is -2.13. The number of carbonyl (C=O) groups excluding carboxylic acids is 4. The average molecular weight is 510 g/mol. The van der Waals surface area contributed by atoms with Crippen LogP contribution in [0.5, 0.6) is 11.5 Å². The summed E-state index contributed by atoms with van der Waals surface area (Å²) in [5.74, 6) is 0.856. The van der Waals surface area contributed by atoms with E-state index in [4.69, 9.17) is 15.2 Å². The number of hydrogen-bond donors (Lipinski definition) is 1. The summed E-state index contributed by atoms with van der Waals surface area (Å²) >= 11 is 0. The third kappa shape index (κ3) is 9.83. The Kier molecular flexibility index (Phi) is 12.5. The second-order valence-corrected chi connectivity index (χ2v) is 9.20. The number of benzene rings is 2. The predicted octanol–water partition coefficient (Wildman–Crippen LogP) is 5.44. The van der Waals surface area contributed by atoms with E-state index in [1.807, 2.05) is 31.2 Å². The van der Waals surface area contributed by atoms with Crippen molar-refractivity contribution in [2.75, 3.05) is 14.2 Å². The maximum atomic E-state index is 12.8. The van der Waals surface area contributed by atoms with Gasteiger partial charge in [-0.3, -0.25) is 19.2 Å². The van der Waals surface area contributed by atoms with Crippen LogP contribution < -0.4 is 15.2 Å². The Hall–Kier alpha value is -3.48. The van der Waals surface area contributed by atoms with Crippen LogP contribution in [-0.4, -0.2) is 37.5 Å². The zero-order valence-corrected chi connectivity index (χ0v) is 22.3. The van der Waals surface area contributed by atoms with E-state index in [0.29, 0.717) is 80.4 Å². The lowest BCUT2D eigenvalue weighted by Gasteiger charge is -2.10.